The Morgan fingerprint density at radius 1 is 1.17 bits per heavy atom. The van der Waals surface area contributed by atoms with Crippen molar-refractivity contribution in [2.75, 3.05) is 5.32 Å². The Balaban J connectivity index is 2.00. The van der Waals surface area contributed by atoms with Crippen LogP contribution in [0.25, 0.3) is 0 Å². The average molecular weight is 338 g/mol. The lowest BCUT2D eigenvalue weighted by Crippen LogP contribution is -2.30. The third kappa shape index (κ3) is 4.55. The number of carbonyl (C=O) groups is 2. The molecule has 1 aromatic heterocycles. The predicted octanol–water partition coefficient (Wildman–Crippen LogP) is 3.28. The van der Waals surface area contributed by atoms with Crippen LogP contribution in [0, 0.1) is 0 Å². The molecule has 2 rings (SSSR count). The average Bonchev–Trinajstić information content (AvgIpc) is 2.55. The van der Waals surface area contributed by atoms with Gasteiger partial charge in [0.2, 0.25) is 0 Å². The molecule has 0 saturated carbocycles. The van der Waals surface area contributed by atoms with Crippen molar-refractivity contribution in [1.82, 2.24) is 4.98 Å². The van der Waals surface area contributed by atoms with Gasteiger partial charge in [0.1, 0.15) is 0 Å². The molecular weight excluding hydrogens is 325 g/mol. The molecule has 126 valence electrons. The topological polar surface area (TPSA) is 68.3 Å². The largest absolute Gasteiger partial charge is 0.449 e. The summed E-state index contributed by atoms with van der Waals surface area (Å²) < 4.78 is 42.9. The minimum atomic E-state index is -4.51. The molecule has 0 aliphatic rings. The normalized spacial score (nSPS) is 12.3. The number of halogens is 3. The van der Waals surface area contributed by atoms with Crippen molar-refractivity contribution in [3.8, 4) is 0 Å². The third-order valence-corrected chi connectivity index (χ3v) is 3.03. The fraction of sp³-hybridized carbons (Fsp3) is 0.188. The molecule has 8 heteroatoms. The van der Waals surface area contributed by atoms with Gasteiger partial charge in [-0.25, -0.2) is 4.79 Å². The van der Waals surface area contributed by atoms with E-state index in [0.717, 1.165) is 12.1 Å². The summed E-state index contributed by atoms with van der Waals surface area (Å²) >= 11 is 0. The standard InChI is InChI=1S/C16H13F3N2O3/c1-10(24-15(23)11-5-7-20-8-6-11)14(22)21-13-4-2-3-12(9-13)16(17,18)19/h2-10H,1H3,(H,21,22)/t10-/m0/s1. The number of nitrogens with one attached hydrogen (secondary N) is 1. The summed E-state index contributed by atoms with van der Waals surface area (Å²) in [7, 11) is 0. The van der Waals surface area contributed by atoms with Gasteiger partial charge in [-0.2, -0.15) is 13.2 Å². The Labute approximate surface area is 135 Å². The van der Waals surface area contributed by atoms with E-state index < -0.39 is 29.7 Å². The molecule has 0 aliphatic heterocycles. The zero-order valence-electron chi connectivity index (χ0n) is 12.5. The highest BCUT2D eigenvalue weighted by molar-refractivity contribution is 5.97. The molecule has 1 amide bonds. The van der Waals surface area contributed by atoms with Crippen LogP contribution in [0.15, 0.2) is 48.8 Å². The summed E-state index contributed by atoms with van der Waals surface area (Å²) in [6.45, 7) is 1.32. The molecule has 0 unspecified atom stereocenters. The molecule has 0 fully saturated rings. The smallest absolute Gasteiger partial charge is 0.416 e. The number of amides is 1. The van der Waals surface area contributed by atoms with Gasteiger partial charge >= 0.3 is 12.1 Å². The van der Waals surface area contributed by atoms with Gasteiger partial charge in [0.15, 0.2) is 6.10 Å². The number of alkyl halides is 3. The van der Waals surface area contributed by atoms with Gasteiger partial charge in [0, 0.05) is 18.1 Å². The lowest BCUT2D eigenvalue weighted by molar-refractivity contribution is -0.137. The van der Waals surface area contributed by atoms with Crippen LogP contribution in [-0.2, 0) is 15.7 Å². The van der Waals surface area contributed by atoms with E-state index >= 15 is 0 Å². The van der Waals surface area contributed by atoms with E-state index in [0.29, 0.717) is 0 Å². The zero-order valence-corrected chi connectivity index (χ0v) is 12.5. The number of hydrogen-bond acceptors (Lipinski definition) is 4. The number of nitrogens with zero attached hydrogens (tertiary/aromatic N) is 1. The van der Waals surface area contributed by atoms with E-state index in [1.165, 1.54) is 43.6 Å². The van der Waals surface area contributed by atoms with Crippen LogP contribution >= 0.6 is 0 Å². The number of rotatable bonds is 4. The van der Waals surface area contributed by atoms with Crippen LogP contribution in [0.3, 0.4) is 0 Å². The number of hydrogen-bond donors (Lipinski definition) is 1. The minimum absolute atomic E-state index is 0.0402. The lowest BCUT2D eigenvalue weighted by Gasteiger charge is -2.14. The van der Waals surface area contributed by atoms with Crippen LogP contribution in [0.5, 0.6) is 0 Å². The van der Waals surface area contributed by atoms with Crippen LogP contribution in [0.2, 0.25) is 0 Å². The Kier molecular flexibility index (Phi) is 5.18. The summed E-state index contributed by atoms with van der Waals surface area (Å²) in [4.78, 5) is 27.5. The molecule has 2 aromatic rings. The first-order valence-corrected chi connectivity index (χ1v) is 6.86. The van der Waals surface area contributed by atoms with E-state index in [1.54, 1.807) is 0 Å². The third-order valence-electron chi connectivity index (χ3n) is 3.03. The summed E-state index contributed by atoms with van der Waals surface area (Å²) in [5, 5.41) is 2.28. The van der Waals surface area contributed by atoms with Gasteiger partial charge in [-0.1, -0.05) is 6.07 Å². The van der Waals surface area contributed by atoms with Gasteiger partial charge in [-0.05, 0) is 37.3 Å². The Hall–Kier alpha value is -2.90. The second-order valence-corrected chi connectivity index (χ2v) is 4.85. The molecule has 0 radical (unpaired) electrons. The van der Waals surface area contributed by atoms with Crippen molar-refractivity contribution in [3.05, 3.63) is 59.9 Å². The predicted molar refractivity (Wildman–Crippen MR) is 79.2 cm³/mol. The number of esters is 1. The molecule has 0 aliphatic carbocycles. The highest BCUT2D eigenvalue weighted by Gasteiger charge is 2.30. The van der Waals surface area contributed by atoms with Crippen molar-refractivity contribution >= 4 is 17.6 Å². The molecule has 1 atom stereocenters. The van der Waals surface area contributed by atoms with Crippen LogP contribution in [-0.4, -0.2) is 23.0 Å². The first-order chi connectivity index (χ1) is 11.3. The van der Waals surface area contributed by atoms with E-state index in [9.17, 15) is 22.8 Å². The first kappa shape index (κ1) is 17.5. The lowest BCUT2D eigenvalue weighted by atomic mass is 10.2. The first-order valence-electron chi connectivity index (χ1n) is 6.86. The number of carbonyl (C=O) groups excluding carboxylic acids is 2. The molecule has 5 nitrogen and oxygen atoms in total. The zero-order chi connectivity index (χ0) is 17.7. The second-order valence-electron chi connectivity index (χ2n) is 4.85. The SMILES string of the molecule is C[C@H](OC(=O)c1ccncc1)C(=O)Nc1cccc(C(F)(F)F)c1. The maximum absolute atomic E-state index is 12.6. The van der Waals surface area contributed by atoms with Gasteiger partial charge in [-0.3, -0.25) is 9.78 Å². The van der Waals surface area contributed by atoms with Gasteiger partial charge in [0.05, 0.1) is 11.1 Å². The van der Waals surface area contributed by atoms with Gasteiger partial charge in [-0.15, -0.1) is 0 Å². The monoisotopic (exact) mass is 338 g/mol. The molecule has 0 bridgehead atoms. The Morgan fingerprint density at radius 2 is 1.83 bits per heavy atom. The fourth-order valence-electron chi connectivity index (χ4n) is 1.79. The summed E-state index contributed by atoms with van der Waals surface area (Å²) in [5.41, 5.74) is -0.716. The summed E-state index contributed by atoms with van der Waals surface area (Å²) in [5.74, 6) is -1.47. The highest BCUT2D eigenvalue weighted by atomic mass is 19.4. The van der Waals surface area contributed by atoms with Crippen molar-refractivity contribution in [2.24, 2.45) is 0 Å². The van der Waals surface area contributed by atoms with Crippen LogP contribution < -0.4 is 5.32 Å². The number of aromatic nitrogens is 1. The maximum atomic E-state index is 12.6. The van der Waals surface area contributed by atoms with Crippen molar-refractivity contribution in [2.45, 2.75) is 19.2 Å². The number of benzene rings is 1. The van der Waals surface area contributed by atoms with Crippen molar-refractivity contribution < 1.29 is 27.5 Å². The summed E-state index contributed by atoms with van der Waals surface area (Å²) in [6, 6.07) is 7.01. The molecule has 1 aromatic carbocycles. The highest BCUT2D eigenvalue weighted by Crippen LogP contribution is 2.30. The van der Waals surface area contributed by atoms with Crippen molar-refractivity contribution in [3.63, 3.8) is 0 Å². The maximum Gasteiger partial charge on any atom is 0.416 e. The molecule has 1 heterocycles. The number of ether oxygens (including phenoxy) is 1. The van der Waals surface area contributed by atoms with E-state index in [1.807, 2.05) is 0 Å². The van der Waals surface area contributed by atoms with E-state index in [4.69, 9.17) is 4.74 Å². The van der Waals surface area contributed by atoms with Gasteiger partial charge < -0.3 is 10.1 Å². The molecule has 0 saturated heterocycles. The van der Waals surface area contributed by atoms with E-state index in [2.05, 4.69) is 10.3 Å². The quantitative estimate of drug-likeness (QED) is 0.869. The molecule has 1 N–H and O–H groups in total. The summed E-state index contributed by atoms with van der Waals surface area (Å²) in [6.07, 6.45) is -2.91. The Bertz CT molecular complexity index is 733. The fourth-order valence-corrected chi connectivity index (χ4v) is 1.79. The van der Waals surface area contributed by atoms with Crippen LogP contribution in [0.1, 0.15) is 22.8 Å². The second kappa shape index (κ2) is 7.12. The molecular formula is C16H13F3N2O3. The van der Waals surface area contributed by atoms with Gasteiger partial charge in [0.25, 0.3) is 5.91 Å². The Morgan fingerprint density at radius 3 is 2.46 bits per heavy atom. The molecule has 24 heavy (non-hydrogen) atoms. The van der Waals surface area contributed by atoms with Crippen LogP contribution in [0.4, 0.5) is 18.9 Å². The van der Waals surface area contributed by atoms with Crippen molar-refractivity contribution in [1.29, 1.82) is 0 Å². The number of anilines is 1. The number of pyridine rings is 1. The molecule has 0 spiro atoms. The minimum Gasteiger partial charge on any atom is -0.449 e. The van der Waals surface area contributed by atoms with E-state index in [-0.39, 0.29) is 11.3 Å².